The molecule has 0 bridgehead atoms. The molecule has 7 nitrogen and oxygen atoms in total. The van der Waals surface area contributed by atoms with Crippen molar-refractivity contribution in [2.75, 3.05) is 0 Å². The molecular formula is C24H24N2O5S2. The number of amides is 2. The van der Waals surface area contributed by atoms with Crippen molar-refractivity contribution in [1.82, 2.24) is 10.2 Å². The van der Waals surface area contributed by atoms with Gasteiger partial charge in [0.25, 0.3) is 11.8 Å². The van der Waals surface area contributed by atoms with Crippen LogP contribution in [0.4, 0.5) is 0 Å². The summed E-state index contributed by atoms with van der Waals surface area (Å²) in [6.07, 6.45) is 0. The molecule has 2 aliphatic rings. The number of carbonyl (C=O) groups excluding carboxylic acids is 3. The van der Waals surface area contributed by atoms with Crippen LogP contribution in [0, 0.1) is 0 Å². The van der Waals surface area contributed by atoms with E-state index < -0.39 is 45.3 Å². The number of ketones is 1. The molecule has 2 aromatic rings. The topological polar surface area (TPSA) is 104 Å². The maximum absolute atomic E-state index is 13.3. The molecule has 0 aromatic heterocycles. The largest absolute Gasteiger partial charge is 0.480 e. The number of fused-ring (bicyclic) bond motifs is 1. The highest BCUT2D eigenvalue weighted by atomic mass is 32.2. The lowest BCUT2D eigenvalue weighted by atomic mass is 9.81. The van der Waals surface area contributed by atoms with E-state index in [1.165, 1.54) is 35.3 Å². The molecule has 2 aromatic carbocycles. The molecule has 9 heteroatoms. The summed E-state index contributed by atoms with van der Waals surface area (Å²) >= 11 is 2.71. The van der Waals surface area contributed by atoms with Gasteiger partial charge in [0.05, 0.1) is 5.56 Å². The number of β-lactam (4-membered cyclic amide) rings is 1. The summed E-state index contributed by atoms with van der Waals surface area (Å²) in [4.78, 5) is 53.0. The van der Waals surface area contributed by atoms with Crippen LogP contribution in [0.5, 0.6) is 0 Å². The van der Waals surface area contributed by atoms with E-state index in [9.17, 15) is 24.3 Å². The molecule has 2 saturated heterocycles. The first-order valence-corrected chi connectivity index (χ1v) is 12.3. The van der Waals surface area contributed by atoms with Crippen molar-refractivity contribution in [2.45, 2.75) is 53.1 Å². The van der Waals surface area contributed by atoms with Crippen LogP contribution in [-0.2, 0) is 20.1 Å². The van der Waals surface area contributed by atoms with Crippen LogP contribution in [0.15, 0.2) is 59.5 Å². The highest BCUT2D eigenvalue weighted by Crippen LogP contribution is 2.55. The zero-order valence-electron chi connectivity index (χ0n) is 18.4. The smallest absolute Gasteiger partial charge is 0.327 e. The zero-order valence-corrected chi connectivity index (χ0v) is 20.0. The lowest BCUT2D eigenvalue weighted by Gasteiger charge is -2.51. The number of thioether (sulfide) groups is 2. The van der Waals surface area contributed by atoms with Crippen molar-refractivity contribution < 1.29 is 24.3 Å². The second-order valence-corrected chi connectivity index (χ2v) is 11.4. The maximum atomic E-state index is 13.3. The molecule has 3 atom stereocenters. The summed E-state index contributed by atoms with van der Waals surface area (Å²) < 4.78 is -0.808. The molecule has 2 aliphatic heterocycles. The highest BCUT2D eigenvalue weighted by Gasteiger charge is 2.74. The van der Waals surface area contributed by atoms with Crippen molar-refractivity contribution >= 4 is 47.1 Å². The van der Waals surface area contributed by atoms with Gasteiger partial charge in [-0.3, -0.25) is 14.4 Å². The number of Topliss-reactive ketones (excluding diaryl/α,β-unsaturated/α-hetero) is 1. The summed E-state index contributed by atoms with van der Waals surface area (Å²) in [5.41, 5.74) is -0.310. The van der Waals surface area contributed by atoms with Crippen LogP contribution >= 0.6 is 23.5 Å². The summed E-state index contributed by atoms with van der Waals surface area (Å²) in [5.74, 6) is -2.19. The van der Waals surface area contributed by atoms with Gasteiger partial charge in [-0.25, -0.2) is 4.79 Å². The molecule has 0 radical (unpaired) electrons. The van der Waals surface area contributed by atoms with Gasteiger partial charge in [-0.15, -0.1) is 23.5 Å². The number of aliphatic carboxylic acids is 1. The number of nitrogens with zero attached hydrogens (tertiary/aromatic N) is 1. The van der Waals surface area contributed by atoms with Gasteiger partial charge in [0.15, 0.2) is 5.78 Å². The number of benzene rings is 2. The Bertz CT molecular complexity index is 1140. The van der Waals surface area contributed by atoms with Gasteiger partial charge in [-0.05, 0) is 38.5 Å². The van der Waals surface area contributed by atoms with E-state index in [1.807, 2.05) is 42.5 Å². The van der Waals surface area contributed by atoms with Crippen LogP contribution in [0.2, 0.25) is 0 Å². The molecule has 2 amide bonds. The monoisotopic (exact) mass is 484 g/mol. The highest BCUT2D eigenvalue weighted by molar-refractivity contribution is 8.01. The fourth-order valence-electron chi connectivity index (χ4n) is 4.35. The number of hydrogen-bond donors (Lipinski definition) is 2. The summed E-state index contributed by atoms with van der Waals surface area (Å²) in [6.45, 7) is 4.71. The van der Waals surface area contributed by atoms with Gasteiger partial charge >= 0.3 is 5.97 Å². The Kier molecular flexibility index (Phi) is 6.05. The van der Waals surface area contributed by atoms with Gasteiger partial charge in [0.1, 0.15) is 11.4 Å². The first-order valence-electron chi connectivity index (χ1n) is 10.4. The molecule has 172 valence electrons. The molecule has 2 heterocycles. The third-order valence-electron chi connectivity index (χ3n) is 6.02. The second kappa shape index (κ2) is 8.53. The Morgan fingerprint density at radius 3 is 2.36 bits per heavy atom. The fourth-order valence-corrected chi connectivity index (χ4v) is 7.11. The van der Waals surface area contributed by atoms with E-state index in [1.54, 1.807) is 26.0 Å². The first kappa shape index (κ1) is 23.4. The van der Waals surface area contributed by atoms with Crippen LogP contribution in [0.1, 0.15) is 36.7 Å². The lowest BCUT2D eigenvalue weighted by Crippen LogP contribution is -2.82. The summed E-state index contributed by atoms with van der Waals surface area (Å²) in [5, 5.41) is 11.6. The third-order valence-corrected chi connectivity index (χ3v) is 8.80. The predicted octanol–water partition coefficient (Wildman–Crippen LogP) is 3.18. The minimum atomic E-state index is -1.78. The number of carbonyl (C=O) groups is 4. The van der Waals surface area contributed by atoms with E-state index in [4.69, 9.17) is 0 Å². The Hall–Kier alpha value is -2.78. The molecule has 2 fully saturated rings. The maximum Gasteiger partial charge on any atom is 0.327 e. The molecular weight excluding hydrogens is 460 g/mol. The first-order chi connectivity index (χ1) is 15.6. The number of carboxylic acid groups (broad SMARTS) is 1. The Morgan fingerprint density at radius 2 is 1.73 bits per heavy atom. The Labute approximate surface area is 200 Å². The van der Waals surface area contributed by atoms with E-state index in [2.05, 4.69) is 5.32 Å². The van der Waals surface area contributed by atoms with Gasteiger partial charge in [0.2, 0.25) is 5.54 Å². The van der Waals surface area contributed by atoms with Crippen molar-refractivity contribution in [3.8, 4) is 0 Å². The number of carboxylic acids is 1. The summed E-state index contributed by atoms with van der Waals surface area (Å²) in [6, 6.07) is 15.8. The van der Waals surface area contributed by atoms with Gasteiger partial charge in [-0.2, -0.15) is 0 Å². The molecule has 33 heavy (non-hydrogen) atoms. The van der Waals surface area contributed by atoms with E-state index in [0.717, 1.165) is 10.5 Å². The average molecular weight is 485 g/mol. The SMILES string of the molecule is CC(=O)C1(NC(=O)c2ccccc2SCc2ccccc2)C(=O)N2[C@@H](C(=O)O)C(C)(C)S[C@@H]21. The second-order valence-electron chi connectivity index (χ2n) is 8.62. The molecule has 2 N–H and O–H groups in total. The fraction of sp³-hybridized carbons (Fsp3) is 0.333. The quantitative estimate of drug-likeness (QED) is 0.353. The minimum absolute atomic E-state index is 0.363. The molecule has 0 saturated carbocycles. The van der Waals surface area contributed by atoms with Crippen LogP contribution < -0.4 is 5.32 Å². The normalized spacial score (nSPS) is 25.2. The molecule has 0 aliphatic carbocycles. The molecule has 1 unspecified atom stereocenters. The Balaban J connectivity index is 1.60. The third kappa shape index (κ3) is 3.83. The van der Waals surface area contributed by atoms with Gasteiger partial charge in [-0.1, -0.05) is 42.5 Å². The number of hydrogen-bond acceptors (Lipinski definition) is 6. The Morgan fingerprint density at radius 1 is 1.09 bits per heavy atom. The van der Waals surface area contributed by atoms with Crippen molar-refractivity contribution in [1.29, 1.82) is 0 Å². The van der Waals surface area contributed by atoms with Crippen molar-refractivity contribution in [3.05, 3.63) is 65.7 Å². The summed E-state index contributed by atoms with van der Waals surface area (Å²) in [7, 11) is 0. The standard InChI is InChI=1S/C24H24N2O5S2/c1-14(27)24(21(31)26-18(20(29)30)23(2,3)33-22(24)26)25-19(28)16-11-7-8-12-17(16)32-13-15-9-5-4-6-10-15/h4-12,18,22H,13H2,1-3H3,(H,25,28)(H,29,30)/t18-,22+,24?/m0/s1. The van der Waals surface area contributed by atoms with Crippen LogP contribution in [0.3, 0.4) is 0 Å². The minimum Gasteiger partial charge on any atom is -0.480 e. The van der Waals surface area contributed by atoms with Gasteiger partial charge < -0.3 is 15.3 Å². The van der Waals surface area contributed by atoms with Crippen LogP contribution in [-0.4, -0.2) is 55.3 Å². The molecule has 4 rings (SSSR count). The van der Waals surface area contributed by atoms with E-state index in [-0.39, 0.29) is 0 Å². The average Bonchev–Trinajstić information content (AvgIpc) is 3.05. The number of nitrogens with one attached hydrogen (secondary N) is 1. The number of rotatable bonds is 7. The molecule has 0 spiro atoms. The van der Waals surface area contributed by atoms with Crippen molar-refractivity contribution in [2.24, 2.45) is 0 Å². The van der Waals surface area contributed by atoms with Gasteiger partial charge in [0, 0.05) is 15.4 Å². The van der Waals surface area contributed by atoms with Crippen LogP contribution in [0.25, 0.3) is 0 Å². The lowest BCUT2D eigenvalue weighted by molar-refractivity contribution is -0.170. The zero-order chi connectivity index (χ0) is 24.0. The van der Waals surface area contributed by atoms with E-state index in [0.29, 0.717) is 11.3 Å². The predicted molar refractivity (Wildman–Crippen MR) is 127 cm³/mol. The van der Waals surface area contributed by atoms with Crippen molar-refractivity contribution in [3.63, 3.8) is 0 Å². The van der Waals surface area contributed by atoms with E-state index >= 15 is 0 Å².